The number of aromatic nitrogens is 1. The van der Waals surface area contributed by atoms with Gasteiger partial charge in [0.2, 0.25) is 0 Å². The van der Waals surface area contributed by atoms with Crippen molar-refractivity contribution >= 4 is 22.9 Å². The quantitative estimate of drug-likeness (QED) is 0.738. The van der Waals surface area contributed by atoms with E-state index in [2.05, 4.69) is 10.3 Å². The molecule has 0 unspecified atom stereocenters. The van der Waals surface area contributed by atoms with Crippen molar-refractivity contribution < 1.29 is 14.3 Å². The maximum Gasteiger partial charge on any atom is 0.275 e. The minimum Gasteiger partial charge on any atom is -0.493 e. The number of carbonyl (C=O) groups is 1. The highest BCUT2D eigenvalue weighted by Gasteiger charge is 2.15. The fourth-order valence-corrected chi connectivity index (χ4v) is 3.32. The second kappa shape index (κ2) is 7.36. The summed E-state index contributed by atoms with van der Waals surface area (Å²) in [4.78, 5) is 16.9. The molecule has 1 aromatic heterocycles. The fourth-order valence-electron chi connectivity index (χ4n) is 2.51. The van der Waals surface area contributed by atoms with Crippen molar-refractivity contribution in [1.29, 1.82) is 0 Å². The van der Waals surface area contributed by atoms with E-state index in [9.17, 15) is 4.79 Å². The first-order chi connectivity index (χ1) is 12.1. The van der Waals surface area contributed by atoms with Gasteiger partial charge in [-0.15, -0.1) is 11.3 Å². The molecule has 3 rings (SSSR count). The van der Waals surface area contributed by atoms with Crippen molar-refractivity contribution in [1.82, 2.24) is 4.98 Å². The molecule has 3 aromatic rings. The van der Waals surface area contributed by atoms with E-state index >= 15 is 0 Å². The Morgan fingerprint density at radius 2 is 1.88 bits per heavy atom. The Morgan fingerprint density at radius 1 is 1.12 bits per heavy atom. The van der Waals surface area contributed by atoms with Crippen molar-refractivity contribution in [2.75, 3.05) is 19.5 Å². The number of nitrogens with zero attached hydrogens (tertiary/aromatic N) is 1. The minimum atomic E-state index is -0.259. The molecule has 0 radical (unpaired) electrons. The van der Waals surface area contributed by atoms with Gasteiger partial charge in [-0.2, -0.15) is 0 Å². The van der Waals surface area contributed by atoms with Gasteiger partial charge in [0.25, 0.3) is 5.91 Å². The van der Waals surface area contributed by atoms with E-state index in [-0.39, 0.29) is 5.91 Å². The van der Waals surface area contributed by atoms with Crippen molar-refractivity contribution in [2.45, 2.75) is 6.92 Å². The van der Waals surface area contributed by atoms with Gasteiger partial charge in [-0.05, 0) is 18.6 Å². The second-order valence-corrected chi connectivity index (χ2v) is 6.24. The number of ether oxygens (including phenoxy) is 2. The number of nitrogens with one attached hydrogen (secondary N) is 1. The molecular weight excluding hydrogens is 336 g/mol. The van der Waals surface area contributed by atoms with Gasteiger partial charge in [0.15, 0.2) is 11.5 Å². The van der Waals surface area contributed by atoms with Crippen molar-refractivity contribution in [3.8, 4) is 22.1 Å². The standard InChI is InChI=1S/C19H18N2O3S/c1-12-9-14(10-16(23-2)17(12)24-3)20-18(22)15-11-25-19(21-15)13-7-5-4-6-8-13/h4-11H,1-3H3,(H,20,22). The number of aryl methyl sites for hydroxylation is 1. The lowest BCUT2D eigenvalue weighted by Gasteiger charge is -2.13. The van der Waals surface area contributed by atoms with E-state index in [0.29, 0.717) is 22.9 Å². The van der Waals surface area contributed by atoms with Crippen LogP contribution in [-0.2, 0) is 0 Å². The minimum absolute atomic E-state index is 0.259. The maximum atomic E-state index is 12.5. The summed E-state index contributed by atoms with van der Waals surface area (Å²) in [6.45, 7) is 1.90. The van der Waals surface area contributed by atoms with Crippen molar-refractivity contribution in [3.63, 3.8) is 0 Å². The summed E-state index contributed by atoms with van der Waals surface area (Å²) >= 11 is 1.44. The zero-order valence-electron chi connectivity index (χ0n) is 14.2. The van der Waals surface area contributed by atoms with E-state index in [4.69, 9.17) is 9.47 Å². The average molecular weight is 354 g/mol. The van der Waals surface area contributed by atoms with E-state index in [1.807, 2.05) is 43.3 Å². The SMILES string of the molecule is COc1cc(NC(=O)c2csc(-c3ccccc3)n2)cc(C)c1OC. The third-order valence-electron chi connectivity index (χ3n) is 3.68. The van der Waals surface area contributed by atoms with E-state index in [1.54, 1.807) is 25.7 Å². The van der Waals surface area contributed by atoms with Gasteiger partial charge in [-0.25, -0.2) is 4.98 Å². The smallest absolute Gasteiger partial charge is 0.275 e. The Morgan fingerprint density at radius 3 is 2.56 bits per heavy atom. The lowest BCUT2D eigenvalue weighted by atomic mass is 10.1. The van der Waals surface area contributed by atoms with Crippen LogP contribution >= 0.6 is 11.3 Å². The van der Waals surface area contributed by atoms with E-state index in [0.717, 1.165) is 16.1 Å². The summed E-state index contributed by atoms with van der Waals surface area (Å²) in [6, 6.07) is 13.4. The molecule has 0 aliphatic heterocycles. The van der Waals surface area contributed by atoms with E-state index in [1.165, 1.54) is 11.3 Å². The predicted octanol–water partition coefficient (Wildman–Crippen LogP) is 4.39. The van der Waals surface area contributed by atoms with Gasteiger partial charge in [0.1, 0.15) is 10.7 Å². The summed E-state index contributed by atoms with van der Waals surface area (Å²) in [5.74, 6) is 0.964. The number of carbonyl (C=O) groups excluding carboxylic acids is 1. The molecule has 0 bridgehead atoms. The van der Waals surface area contributed by atoms with Gasteiger partial charge in [-0.3, -0.25) is 4.79 Å². The molecule has 2 aromatic carbocycles. The van der Waals surface area contributed by atoms with Crippen LogP contribution in [0.5, 0.6) is 11.5 Å². The van der Waals surface area contributed by atoms with Crippen LogP contribution in [0.4, 0.5) is 5.69 Å². The molecule has 0 aliphatic rings. The highest BCUT2D eigenvalue weighted by atomic mass is 32.1. The van der Waals surface area contributed by atoms with Gasteiger partial charge >= 0.3 is 0 Å². The molecular formula is C19H18N2O3S. The highest BCUT2D eigenvalue weighted by molar-refractivity contribution is 7.13. The molecule has 0 spiro atoms. The fraction of sp³-hybridized carbons (Fsp3) is 0.158. The zero-order chi connectivity index (χ0) is 17.8. The third-order valence-corrected chi connectivity index (χ3v) is 4.57. The van der Waals surface area contributed by atoms with E-state index < -0.39 is 0 Å². The first-order valence-corrected chi connectivity index (χ1v) is 8.55. The van der Waals surface area contributed by atoms with Crippen LogP contribution < -0.4 is 14.8 Å². The monoisotopic (exact) mass is 354 g/mol. The number of methoxy groups -OCH3 is 2. The molecule has 25 heavy (non-hydrogen) atoms. The summed E-state index contributed by atoms with van der Waals surface area (Å²) < 4.78 is 10.6. The Bertz CT molecular complexity index is 891. The van der Waals surface area contributed by atoms with Crippen LogP contribution in [0, 0.1) is 6.92 Å². The zero-order valence-corrected chi connectivity index (χ0v) is 15.0. The maximum absolute atomic E-state index is 12.5. The Kier molecular flexibility index (Phi) is 5.00. The Hall–Kier alpha value is -2.86. The number of benzene rings is 2. The number of hydrogen-bond acceptors (Lipinski definition) is 5. The first kappa shape index (κ1) is 17.0. The third kappa shape index (κ3) is 3.64. The Balaban J connectivity index is 1.81. The molecule has 5 nitrogen and oxygen atoms in total. The van der Waals surface area contributed by atoms with Crippen molar-refractivity contribution in [3.05, 3.63) is 59.1 Å². The lowest BCUT2D eigenvalue weighted by molar-refractivity contribution is 0.102. The molecule has 1 heterocycles. The second-order valence-electron chi connectivity index (χ2n) is 5.39. The van der Waals surface area contributed by atoms with Gasteiger partial charge in [-0.1, -0.05) is 30.3 Å². The first-order valence-electron chi connectivity index (χ1n) is 7.67. The molecule has 128 valence electrons. The van der Waals surface area contributed by atoms with Crippen molar-refractivity contribution in [2.24, 2.45) is 0 Å². The van der Waals surface area contributed by atoms with Crippen LogP contribution in [0.15, 0.2) is 47.8 Å². The molecule has 0 fully saturated rings. The highest BCUT2D eigenvalue weighted by Crippen LogP contribution is 2.34. The number of rotatable bonds is 5. The summed E-state index contributed by atoms with van der Waals surface area (Å²) in [6.07, 6.45) is 0. The van der Waals surface area contributed by atoms with Crippen LogP contribution in [-0.4, -0.2) is 25.1 Å². The number of amides is 1. The average Bonchev–Trinajstić information content (AvgIpc) is 3.12. The molecule has 0 aliphatic carbocycles. The number of thiazole rings is 1. The van der Waals surface area contributed by atoms with Gasteiger partial charge in [0.05, 0.1) is 14.2 Å². The largest absolute Gasteiger partial charge is 0.493 e. The summed E-state index contributed by atoms with van der Waals surface area (Å²) in [7, 11) is 3.15. The molecule has 0 saturated carbocycles. The summed E-state index contributed by atoms with van der Waals surface area (Å²) in [5, 5.41) is 5.43. The molecule has 0 saturated heterocycles. The molecule has 6 heteroatoms. The lowest BCUT2D eigenvalue weighted by Crippen LogP contribution is -2.12. The van der Waals surface area contributed by atoms with Crippen LogP contribution in [0.3, 0.4) is 0 Å². The molecule has 1 amide bonds. The summed E-state index contributed by atoms with van der Waals surface area (Å²) in [5.41, 5.74) is 2.89. The van der Waals surface area contributed by atoms with Gasteiger partial charge < -0.3 is 14.8 Å². The van der Waals surface area contributed by atoms with Crippen LogP contribution in [0.1, 0.15) is 16.1 Å². The topological polar surface area (TPSA) is 60.5 Å². The Labute approximate surface area is 150 Å². The van der Waals surface area contributed by atoms with Crippen LogP contribution in [0.25, 0.3) is 10.6 Å². The molecule has 0 atom stereocenters. The van der Waals surface area contributed by atoms with Crippen LogP contribution in [0.2, 0.25) is 0 Å². The number of anilines is 1. The molecule has 1 N–H and O–H groups in total. The normalized spacial score (nSPS) is 10.4. The van der Waals surface area contributed by atoms with Gasteiger partial charge in [0, 0.05) is 22.7 Å². The number of hydrogen-bond donors (Lipinski definition) is 1. The predicted molar refractivity (Wildman–Crippen MR) is 99.8 cm³/mol.